The van der Waals surface area contributed by atoms with Crippen molar-refractivity contribution < 1.29 is 17.9 Å². The van der Waals surface area contributed by atoms with Gasteiger partial charge in [0.25, 0.3) is 0 Å². The molecule has 0 radical (unpaired) electrons. The molecule has 2 atom stereocenters. The Morgan fingerprint density at radius 3 is 2.83 bits per heavy atom. The molecule has 2 aliphatic heterocycles. The third-order valence-electron chi connectivity index (χ3n) is 4.72. The van der Waals surface area contributed by atoms with E-state index in [1.165, 1.54) is 5.56 Å². The highest BCUT2D eigenvalue weighted by Crippen LogP contribution is 2.27. The van der Waals surface area contributed by atoms with Crippen molar-refractivity contribution in [3.05, 3.63) is 29.3 Å². The molecule has 0 saturated carbocycles. The SMILES string of the molecule is COc1ccc2c(c1)CCCN(S(=O)(=O)CC1CCC(C)O1)C2. The molecule has 1 aromatic carbocycles. The maximum Gasteiger partial charge on any atom is 0.216 e. The Morgan fingerprint density at radius 1 is 1.30 bits per heavy atom. The van der Waals surface area contributed by atoms with Crippen molar-refractivity contribution in [1.29, 1.82) is 0 Å². The maximum atomic E-state index is 12.8. The van der Waals surface area contributed by atoms with Gasteiger partial charge in [0, 0.05) is 13.1 Å². The van der Waals surface area contributed by atoms with Crippen molar-refractivity contribution in [3.8, 4) is 5.75 Å². The maximum absolute atomic E-state index is 12.8. The van der Waals surface area contributed by atoms with Crippen molar-refractivity contribution in [2.45, 2.75) is 51.4 Å². The lowest BCUT2D eigenvalue weighted by molar-refractivity contribution is 0.0683. The monoisotopic (exact) mass is 339 g/mol. The molecule has 5 nitrogen and oxygen atoms in total. The van der Waals surface area contributed by atoms with E-state index >= 15 is 0 Å². The normalized spacial score (nSPS) is 25.8. The lowest BCUT2D eigenvalue weighted by atomic mass is 10.0. The van der Waals surface area contributed by atoms with Crippen molar-refractivity contribution in [3.63, 3.8) is 0 Å². The molecule has 23 heavy (non-hydrogen) atoms. The van der Waals surface area contributed by atoms with Gasteiger partial charge in [-0.05, 0) is 55.9 Å². The fourth-order valence-corrected chi connectivity index (χ4v) is 5.09. The zero-order valence-corrected chi connectivity index (χ0v) is 14.6. The van der Waals surface area contributed by atoms with Crippen molar-refractivity contribution in [2.75, 3.05) is 19.4 Å². The van der Waals surface area contributed by atoms with E-state index in [1.807, 2.05) is 25.1 Å². The minimum atomic E-state index is -3.29. The third-order valence-corrected chi connectivity index (χ3v) is 6.62. The van der Waals surface area contributed by atoms with Crippen LogP contribution in [0.2, 0.25) is 0 Å². The molecule has 1 fully saturated rings. The second-order valence-corrected chi connectivity index (χ2v) is 8.51. The van der Waals surface area contributed by atoms with Gasteiger partial charge in [-0.2, -0.15) is 4.31 Å². The van der Waals surface area contributed by atoms with Gasteiger partial charge in [0.05, 0.1) is 25.1 Å². The molecule has 0 N–H and O–H groups in total. The van der Waals surface area contributed by atoms with E-state index < -0.39 is 10.0 Å². The van der Waals surface area contributed by atoms with E-state index in [1.54, 1.807) is 11.4 Å². The first kappa shape index (κ1) is 16.7. The van der Waals surface area contributed by atoms with Crippen LogP contribution in [-0.2, 0) is 27.7 Å². The van der Waals surface area contributed by atoms with E-state index in [0.29, 0.717) is 13.1 Å². The van der Waals surface area contributed by atoms with Gasteiger partial charge >= 0.3 is 0 Å². The molecular weight excluding hydrogens is 314 g/mol. The number of hydrogen-bond donors (Lipinski definition) is 0. The second-order valence-electron chi connectivity index (χ2n) is 6.50. The lowest BCUT2D eigenvalue weighted by Gasteiger charge is -2.22. The summed E-state index contributed by atoms with van der Waals surface area (Å²) in [6.07, 6.45) is 3.52. The number of fused-ring (bicyclic) bond motifs is 1. The number of benzene rings is 1. The van der Waals surface area contributed by atoms with Crippen LogP contribution in [-0.4, -0.2) is 44.3 Å². The Balaban J connectivity index is 1.74. The van der Waals surface area contributed by atoms with Crippen molar-refractivity contribution >= 4 is 10.0 Å². The molecule has 0 aromatic heterocycles. The summed E-state index contributed by atoms with van der Waals surface area (Å²) in [5, 5.41) is 0. The molecule has 2 aliphatic rings. The van der Waals surface area contributed by atoms with Gasteiger partial charge in [0.15, 0.2) is 0 Å². The van der Waals surface area contributed by atoms with Crippen LogP contribution in [0.3, 0.4) is 0 Å². The Bertz CT molecular complexity index is 659. The van der Waals surface area contributed by atoms with Gasteiger partial charge in [0.1, 0.15) is 5.75 Å². The van der Waals surface area contributed by atoms with Crippen LogP contribution < -0.4 is 4.74 Å². The van der Waals surface area contributed by atoms with Crippen LogP contribution in [0.4, 0.5) is 0 Å². The summed E-state index contributed by atoms with van der Waals surface area (Å²) >= 11 is 0. The molecule has 128 valence electrons. The molecule has 6 heteroatoms. The van der Waals surface area contributed by atoms with Crippen LogP contribution in [0.15, 0.2) is 18.2 Å². The standard InChI is InChI=1S/C17H25NO4S/c1-13-5-7-17(22-13)12-23(19,20)18-9-3-4-14-10-16(21-2)8-6-15(14)11-18/h6,8,10,13,17H,3-5,7,9,11-12H2,1-2H3. The predicted octanol–water partition coefficient (Wildman–Crippen LogP) is 2.34. The Labute approximate surface area is 138 Å². The van der Waals surface area contributed by atoms with E-state index in [0.717, 1.165) is 37.0 Å². The average molecular weight is 339 g/mol. The summed E-state index contributed by atoms with van der Waals surface area (Å²) < 4.78 is 38.1. The van der Waals surface area contributed by atoms with Gasteiger partial charge in [0.2, 0.25) is 10.0 Å². The molecule has 2 unspecified atom stereocenters. The predicted molar refractivity (Wildman–Crippen MR) is 89.1 cm³/mol. The highest BCUT2D eigenvalue weighted by Gasteiger charge is 2.32. The number of sulfonamides is 1. The van der Waals surface area contributed by atoms with Crippen LogP contribution in [0.1, 0.15) is 37.3 Å². The number of hydrogen-bond acceptors (Lipinski definition) is 4. The van der Waals surface area contributed by atoms with Gasteiger partial charge in [-0.3, -0.25) is 0 Å². The van der Waals surface area contributed by atoms with Crippen LogP contribution in [0.25, 0.3) is 0 Å². The fraction of sp³-hybridized carbons (Fsp3) is 0.647. The number of nitrogens with zero attached hydrogens (tertiary/aromatic N) is 1. The Kier molecular flexibility index (Phi) is 4.94. The zero-order chi connectivity index (χ0) is 16.4. The summed E-state index contributed by atoms with van der Waals surface area (Å²) in [6, 6.07) is 5.90. The van der Waals surface area contributed by atoms with Crippen LogP contribution >= 0.6 is 0 Å². The first-order valence-corrected chi connectivity index (χ1v) is 9.88. The summed E-state index contributed by atoms with van der Waals surface area (Å²) in [4.78, 5) is 0. The van der Waals surface area contributed by atoms with Gasteiger partial charge in [-0.1, -0.05) is 6.07 Å². The van der Waals surface area contributed by atoms with E-state index in [-0.39, 0.29) is 18.0 Å². The zero-order valence-electron chi connectivity index (χ0n) is 13.8. The highest BCUT2D eigenvalue weighted by atomic mass is 32.2. The first-order valence-electron chi connectivity index (χ1n) is 8.27. The lowest BCUT2D eigenvalue weighted by Crippen LogP contribution is -2.36. The number of rotatable bonds is 4. The largest absolute Gasteiger partial charge is 0.497 e. The Hall–Kier alpha value is -1.11. The van der Waals surface area contributed by atoms with Crippen molar-refractivity contribution in [1.82, 2.24) is 4.31 Å². The van der Waals surface area contributed by atoms with E-state index in [4.69, 9.17) is 9.47 Å². The molecular formula is C17H25NO4S. The van der Waals surface area contributed by atoms with Crippen molar-refractivity contribution in [2.24, 2.45) is 0 Å². The molecule has 0 aliphatic carbocycles. The Morgan fingerprint density at radius 2 is 2.13 bits per heavy atom. The molecule has 1 aromatic rings. The highest BCUT2D eigenvalue weighted by molar-refractivity contribution is 7.89. The van der Waals surface area contributed by atoms with Gasteiger partial charge in [-0.15, -0.1) is 0 Å². The average Bonchev–Trinajstić information content (AvgIpc) is 2.80. The van der Waals surface area contributed by atoms with E-state index in [2.05, 4.69) is 0 Å². The molecule has 0 spiro atoms. The number of ether oxygens (including phenoxy) is 2. The van der Waals surface area contributed by atoms with Gasteiger partial charge in [-0.25, -0.2) is 8.42 Å². The molecule has 0 bridgehead atoms. The number of methoxy groups -OCH3 is 1. The fourth-order valence-electron chi connectivity index (χ4n) is 3.42. The summed E-state index contributed by atoms with van der Waals surface area (Å²) in [6.45, 7) is 3.02. The number of aryl methyl sites for hydroxylation is 1. The molecule has 2 heterocycles. The summed E-state index contributed by atoms with van der Waals surface area (Å²) in [5.74, 6) is 0.927. The molecule has 1 saturated heterocycles. The minimum Gasteiger partial charge on any atom is -0.497 e. The first-order chi connectivity index (χ1) is 11.0. The molecule has 3 rings (SSSR count). The minimum absolute atomic E-state index is 0.100. The van der Waals surface area contributed by atoms with Crippen LogP contribution in [0.5, 0.6) is 5.75 Å². The topological polar surface area (TPSA) is 55.8 Å². The quantitative estimate of drug-likeness (QED) is 0.845. The summed E-state index contributed by atoms with van der Waals surface area (Å²) in [5.41, 5.74) is 2.26. The third kappa shape index (κ3) is 3.87. The van der Waals surface area contributed by atoms with E-state index in [9.17, 15) is 8.42 Å². The smallest absolute Gasteiger partial charge is 0.216 e. The second kappa shape index (κ2) is 6.79. The van der Waals surface area contributed by atoms with Gasteiger partial charge < -0.3 is 9.47 Å². The van der Waals surface area contributed by atoms with Crippen LogP contribution in [0, 0.1) is 0 Å². The summed E-state index contributed by atoms with van der Waals surface area (Å²) in [7, 11) is -1.64. The molecule has 0 amide bonds.